The van der Waals surface area contributed by atoms with Crippen LogP contribution in [0, 0.1) is 0 Å². The van der Waals surface area contributed by atoms with Crippen molar-refractivity contribution in [1.82, 2.24) is 9.38 Å². The quantitative estimate of drug-likeness (QED) is 0.607. The first-order valence-corrected chi connectivity index (χ1v) is 8.30. The van der Waals surface area contributed by atoms with Crippen LogP contribution in [0.15, 0.2) is 53.3 Å². The Balaban J connectivity index is 1.86. The van der Waals surface area contributed by atoms with Crippen LogP contribution in [0.2, 0.25) is 0 Å². The van der Waals surface area contributed by atoms with Gasteiger partial charge in [0.1, 0.15) is 5.75 Å². The Kier molecular flexibility index (Phi) is 3.70. The van der Waals surface area contributed by atoms with E-state index in [4.69, 9.17) is 9.84 Å². The van der Waals surface area contributed by atoms with Gasteiger partial charge < -0.3 is 9.84 Å². The third-order valence-corrected chi connectivity index (χ3v) is 4.67. The van der Waals surface area contributed by atoms with E-state index in [1.807, 2.05) is 24.3 Å². The number of nitrogens with zero attached hydrogens (tertiary/aromatic N) is 2. The van der Waals surface area contributed by atoms with Crippen LogP contribution in [-0.2, 0) is 4.79 Å². The van der Waals surface area contributed by atoms with Crippen molar-refractivity contribution in [2.75, 3.05) is 6.61 Å². The van der Waals surface area contributed by atoms with Crippen LogP contribution in [0.25, 0.3) is 22.1 Å². The fourth-order valence-electron chi connectivity index (χ4n) is 2.62. The van der Waals surface area contributed by atoms with E-state index in [0.29, 0.717) is 20.8 Å². The molecule has 0 aliphatic rings. The number of carboxylic acid groups (broad SMARTS) is 1. The van der Waals surface area contributed by atoms with E-state index in [1.54, 1.807) is 34.7 Å². The lowest BCUT2D eigenvalue weighted by Gasteiger charge is -2.05. The Hall–Kier alpha value is -3.19. The number of imidazole rings is 1. The zero-order valence-electron chi connectivity index (χ0n) is 12.9. The van der Waals surface area contributed by atoms with Gasteiger partial charge in [-0.25, -0.2) is 14.2 Å². The average Bonchev–Trinajstić information content (AvgIpc) is 3.11. The minimum atomic E-state index is -1.06. The lowest BCUT2D eigenvalue weighted by Crippen LogP contribution is -2.22. The van der Waals surface area contributed by atoms with Crippen LogP contribution in [0.4, 0.5) is 0 Å². The van der Waals surface area contributed by atoms with Crippen molar-refractivity contribution in [2.24, 2.45) is 0 Å². The van der Waals surface area contributed by atoms with E-state index in [1.165, 1.54) is 11.3 Å². The Morgan fingerprint density at radius 2 is 1.96 bits per heavy atom. The minimum absolute atomic E-state index is 0.151. The van der Waals surface area contributed by atoms with Gasteiger partial charge in [-0.1, -0.05) is 41.7 Å². The molecule has 6 nitrogen and oxygen atoms in total. The highest BCUT2D eigenvalue weighted by atomic mass is 32.1. The number of carboxylic acids is 1. The van der Waals surface area contributed by atoms with Crippen LogP contribution in [0.1, 0.15) is 5.56 Å². The van der Waals surface area contributed by atoms with E-state index >= 15 is 0 Å². The van der Waals surface area contributed by atoms with Crippen molar-refractivity contribution >= 4 is 39.4 Å². The third kappa shape index (κ3) is 2.74. The maximum Gasteiger partial charge on any atom is 0.341 e. The molecule has 4 aromatic rings. The highest BCUT2D eigenvalue weighted by molar-refractivity contribution is 7.15. The standard InChI is InChI=1S/C18H12N2O4S/c21-16(22)10-24-14-8-4-1-5-11(14)9-15-17(23)20-13-7-3-2-6-12(13)19-18(20)25-15/h1-9H,10H2,(H,21,22)/b15-9-. The van der Waals surface area contributed by atoms with Gasteiger partial charge >= 0.3 is 5.97 Å². The molecule has 0 unspecified atom stereocenters. The van der Waals surface area contributed by atoms with Crippen LogP contribution < -0.4 is 14.8 Å². The van der Waals surface area contributed by atoms with E-state index in [0.717, 1.165) is 11.0 Å². The second-order valence-corrected chi connectivity index (χ2v) is 6.36. The lowest BCUT2D eigenvalue weighted by atomic mass is 10.2. The smallest absolute Gasteiger partial charge is 0.341 e. The molecule has 0 saturated heterocycles. The Labute approximate surface area is 145 Å². The summed E-state index contributed by atoms with van der Waals surface area (Å²) in [6.45, 7) is -0.437. The van der Waals surface area contributed by atoms with Gasteiger partial charge in [-0.15, -0.1) is 0 Å². The van der Waals surface area contributed by atoms with Crippen molar-refractivity contribution in [3.05, 3.63) is 69.0 Å². The Morgan fingerprint density at radius 1 is 1.20 bits per heavy atom. The van der Waals surface area contributed by atoms with Gasteiger partial charge in [0.2, 0.25) is 0 Å². The molecule has 2 heterocycles. The number of thiazole rings is 1. The van der Waals surface area contributed by atoms with E-state index in [-0.39, 0.29) is 5.56 Å². The molecule has 0 bridgehead atoms. The average molecular weight is 352 g/mol. The zero-order valence-corrected chi connectivity index (χ0v) is 13.7. The number of carbonyl (C=O) groups is 1. The second kappa shape index (κ2) is 6.03. The first-order chi connectivity index (χ1) is 12.1. The summed E-state index contributed by atoms with van der Waals surface area (Å²) < 4.78 is 7.39. The summed E-state index contributed by atoms with van der Waals surface area (Å²) >= 11 is 1.29. The van der Waals surface area contributed by atoms with Gasteiger partial charge in [0.05, 0.1) is 15.6 Å². The summed E-state index contributed by atoms with van der Waals surface area (Å²) in [6, 6.07) is 14.5. The van der Waals surface area contributed by atoms with Crippen molar-refractivity contribution in [3.63, 3.8) is 0 Å². The van der Waals surface area contributed by atoms with Crippen LogP contribution >= 0.6 is 11.3 Å². The monoisotopic (exact) mass is 352 g/mol. The summed E-state index contributed by atoms with van der Waals surface area (Å²) in [4.78, 5) is 28.6. The van der Waals surface area contributed by atoms with Crippen molar-refractivity contribution in [1.29, 1.82) is 0 Å². The molecule has 2 aromatic heterocycles. The Bertz CT molecular complexity index is 1210. The van der Waals surface area contributed by atoms with E-state index in [9.17, 15) is 9.59 Å². The summed E-state index contributed by atoms with van der Waals surface area (Å²) in [7, 11) is 0. The molecule has 124 valence electrons. The predicted octanol–water partition coefficient (Wildman–Crippen LogP) is 1.92. The van der Waals surface area contributed by atoms with Crippen LogP contribution in [0.5, 0.6) is 5.75 Å². The summed E-state index contributed by atoms with van der Waals surface area (Å²) in [5.41, 5.74) is 2.05. The van der Waals surface area contributed by atoms with Crippen LogP contribution in [-0.4, -0.2) is 27.1 Å². The number of aromatic nitrogens is 2. The van der Waals surface area contributed by atoms with E-state index < -0.39 is 12.6 Å². The number of ether oxygens (including phenoxy) is 1. The molecule has 0 atom stereocenters. The molecule has 0 saturated carbocycles. The topological polar surface area (TPSA) is 80.9 Å². The number of para-hydroxylation sites is 3. The van der Waals surface area contributed by atoms with Gasteiger partial charge in [0, 0.05) is 5.56 Å². The largest absolute Gasteiger partial charge is 0.481 e. The number of aliphatic carboxylic acids is 1. The first-order valence-electron chi connectivity index (χ1n) is 7.49. The molecule has 2 aromatic carbocycles. The van der Waals surface area contributed by atoms with Gasteiger partial charge in [-0.05, 0) is 24.3 Å². The molecule has 0 radical (unpaired) electrons. The van der Waals surface area contributed by atoms with Crippen LogP contribution in [0.3, 0.4) is 0 Å². The first kappa shape index (κ1) is 15.3. The van der Waals surface area contributed by atoms with Gasteiger partial charge in [0.15, 0.2) is 11.6 Å². The SMILES string of the molecule is O=C(O)COc1ccccc1/C=c1\sc2nc3ccccc3n2c1=O. The molecule has 0 fully saturated rings. The molecule has 0 amide bonds. The molecular formula is C18H12N2O4S. The maximum atomic E-state index is 12.8. The number of hydrogen-bond acceptors (Lipinski definition) is 5. The van der Waals surface area contributed by atoms with Gasteiger partial charge in [-0.2, -0.15) is 0 Å². The molecule has 0 aliphatic carbocycles. The number of benzene rings is 2. The fraction of sp³-hybridized carbons (Fsp3) is 0.0556. The molecular weight excluding hydrogens is 340 g/mol. The van der Waals surface area contributed by atoms with Crippen molar-refractivity contribution < 1.29 is 14.6 Å². The Morgan fingerprint density at radius 3 is 2.80 bits per heavy atom. The summed E-state index contributed by atoms with van der Waals surface area (Å²) in [6.07, 6.45) is 1.70. The fourth-order valence-corrected chi connectivity index (χ4v) is 3.60. The molecule has 25 heavy (non-hydrogen) atoms. The molecule has 0 spiro atoms. The van der Waals surface area contributed by atoms with E-state index in [2.05, 4.69) is 4.98 Å². The van der Waals surface area contributed by atoms with Gasteiger partial charge in [-0.3, -0.25) is 4.79 Å². The van der Waals surface area contributed by atoms with Crippen molar-refractivity contribution in [2.45, 2.75) is 0 Å². The second-order valence-electron chi connectivity index (χ2n) is 5.35. The molecule has 0 aliphatic heterocycles. The third-order valence-electron chi connectivity index (χ3n) is 3.70. The minimum Gasteiger partial charge on any atom is -0.481 e. The summed E-state index contributed by atoms with van der Waals surface area (Å²) in [5, 5.41) is 8.77. The normalized spacial score (nSPS) is 12.1. The number of fused-ring (bicyclic) bond motifs is 3. The number of rotatable bonds is 4. The maximum absolute atomic E-state index is 12.8. The highest BCUT2D eigenvalue weighted by Crippen LogP contribution is 2.19. The van der Waals surface area contributed by atoms with Gasteiger partial charge in [0.25, 0.3) is 5.56 Å². The molecule has 4 rings (SSSR count). The number of hydrogen-bond donors (Lipinski definition) is 1. The predicted molar refractivity (Wildman–Crippen MR) is 95.2 cm³/mol. The van der Waals surface area contributed by atoms with Crippen molar-refractivity contribution in [3.8, 4) is 5.75 Å². The lowest BCUT2D eigenvalue weighted by molar-refractivity contribution is -0.139. The summed E-state index contributed by atoms with van der Waals surface area (Å²) in [5.74, 6) is -0.638. The zero-order chi connectivity index (χ0) is 17.4. The molecule has 1 N–H and O–H groups in total. The molecule has 7 heteroatoms. The highest BCUT2D eigenvalue weighted by Gasteiger charge is 2.11.